The second-order valence-electron chi connectivity index (χ2n) is 8.67. The number of Topliss-reactive ketones (excluding diaryl/α,β-unsaturated/α-hetero) is 1. The number of amides is 5. The molecule has 0 saturated carbocycles. The Balaban J connectivity index is 4.61. The lowest BCUT2D eigenvalue weighted by molar-refractivity contribution is -0.134. The van der Waals surface area contributed by atoms with Gasteiger partial charge in [-0.25, -0.2) is 0 Å². The van der Waals surface area contributed by atoms with Crippen LogP contribution in [-0.2, 0) is 28.8 Å². The molecule has 0 bridgehead atoms. The zero-order valence-electron chi connectivity index (χ0n) is 21.7. The number of likely N-dealkylation sites (N-methyl/N-ethyl adjacent to an activating group) is 2. The molecular weight excluding hydrogens is 456 g/mol. The van der Waals surface area contributed by atoms with E-state index in [1.807, 2.05) is 18.9 Å². The molecule has 0 aliphatic carbocycles. The molecule has 35 heavy (non-hydrogen) atoms. The Morgan fingerprint density at radius 3 is 1.86 bits per heavy atom. The second-order valence-corrected chi connectivity index (χ2v) is 8.67. The first kappa shape index (κ1) is 32.0. The van der Waals surface area contributed by atoms with Gasteiger partial charge in [-0.2, -0.15) is 0 Å². The summed E-state index contributed by atoms with van der Waals surface area (Å²) in [6.45, 7) is 7.16. The van der Waals surface area contributed by atoms with Crippen molar-refractivity contribution in [1.29, 1.82) is 0 Å². The third kappa shape index (κ3) is 12.9. The first-order valence-electron chi connectivity index (χ1n) is 12.0. The second kappa shape index (κ2) is 16.6. The van der Waals surface area contributed by atoms with E-state index in [9.17, 15) is 28.8 Å². The number of unbranched alkanes of at least 4 members (excludes halogenated alkanes) is 2. The predicted molar refractivity (Wildman–Crippen MR) is 131 cm³/mol. The molecule has 12 heteroatoms. The smallest absolute Gasteiger partial charge is 0.242 e. The fourth-order valence-corrected chi connectivity index (χ4v) is 3.12. The molecule has 0 aliphatic rings. The normalized spacial score (nSPS) is 14.3. The molecule has 0 unspecified atom stereocenters. The van der Waals surface area contributed by atoms with Gasteiger partial charge in [-0.1, -0.05) is 13.3 Å². The van der Waals surface area contributed by atoms with E-state index < -0.39 is 47.8 Å². The van der Waals surface area contributed by atoms with Crippen molar-refractivity contribution >= 4 is 35.3 Å². The van der Waals surface area contributed by atoms with Crippen LogP contribution in [0.15, 0.2) is 0 Å². The van der Waals surface area contributed by atoms with E-state index in [-0.39, 0.29) is 18.1 Å². The molecule has 0 rings (SSSR count). The predicted octanol–water partition coefficient (Wildman–Crippen LogP) is -1.04. The van der Waals surface area contributed by atoms with Crippen molar-refractivity contribution in [2.75, 3.05) is 20.6 Å². The fourth-order valence-electron chi connectivity index (χ4n) is 3.12. The number of hydrogen-bond acceptors (Lipinski definition) is 7. The largest absolute Gasteiger partial charge is 0.370 e. The maximum atomic E-state index is 12.5. The van der Waals surface area contributed by atoms with Crippen molar-refractivity contribution in [3.05, 3.63) is 0 Å². The summed E-state index contributed by atoms with van der Waals surface area (Å²) in [5, 5.41) is 9.81. The third-order valence-corrected chi connectivity index (χ3v) is 5.69. The van der Waals surface area contributed by atoms with Gasteiger partial charge in [-0.3, -0.25) is 33.7 Å². The van der Waals surface area contributed by atoms with Gasteiger partial charge < -0.3 is 27.0 Å². The molecule has 0 spiro atoms. The summed E-state index contributed by atoms with van der Waals surface area (Å²) < 4.78 is 0. The molecule has 6 N–H and O–H groups in total. The lowest BCUT2D eigenvalue weighted by Gasteiger charge is -2.26. The van der Waals surface area contributed by atoms with Crippen LogP contribution in [0.4, 0.5) is 0 Å². The molecule has 5 amide bonds. The summed E-state index contributed by atoms with van der Waals surface area (Å²) >= 11 is 0. The average molecular weight is 499 g/mol. The third-order valence-electron chi connectivity index (χ3n) is 5.69. The van der Waals surface area contributed by atoms with E-state index in [1.165, 1.54) is 20.9 Å². The number of nitrogens with two attached hydrogens (primary N) is 1. The van der Waals surface area contributed by atoms with Gasteiger partial charge in [0.1, 0.15) is 23.9 Å². The van der Waals surface area contributed by atoms with Crippen molar-refractivity contribution in [3.63, 3.8) is 0 Å². The van der Waals surface area contributed by atoms with Gasteiger partial charge in [-0.05, 0) is 47.2 Å². The van der Waals surface area contributed by atoms with Crippen LogP contribution in [0.2, 0.25) is 0 Å². The first-order chi connectivity index (χ1) is 16.3. The molecule has 0 aromatic carbocycles. The molecule has 0 aromatic rings. The number of nitrogens with zero attached hydrogens (tertiary/aromatic N) is 1. The van der Waals surface area contributed by atoms with Crippen LogP contribution in [-0.4, -0.2) is 85.0 Å². The Kier molecular flexibility index (Phi) is 15.1. The molecular formula is C23H42N6O6. The van der Waals surface area contributed by atoms with Gasteiger partial charge in [0.15, 0.2) is 0 Å². The SMILES string of the molecule is CCC(=O)CCCCCN(C)[C@H](C)C(=O)N[C@H](C)C(=O)N[C@H](C)C(=O)N[C@@H](CC(N)=O)C(=O)NC. The number of hydrogen-bond donors (Lipinski definition) is 5. The summed E-state index contributed by atoms with van der Waals surface area (Å²) in [5.41, 5.74) is 5.11. The van der Waals surface area contributed by atoms with E-state index in [0.717, 1.165) is 19.3 Å². The standard InChI is InChI=1S/C23H42N6O6/c1-7-17(30)11-9-8-10-12-29(6)16(4)22(34)27-14(2)20(32)26-15(3)21(33)28-18(13-19(24)31)23(35)25-5/h14-16,18H,7-13H2,1-6H3,(H2,24,31)(H,25,35)(H,26,32)(H,27,34)(H,28,33)/t14-,15-,16-,18+/m1/s1. The van der Waals surface area contributed by atoms with Crippen LogP contribution in [0, 0.1) is 0 Å². The highest BCUT2D eigenvalue weighted by atomic mass is 16.2. The Bertz CT molecular complexity index is 759. The number of carbonyl (C=O) groups excluding carboxylic acids is 6. The van der Waals surface area contributed by atoms with E-state index in [4.69, 9.17) is 5.73 Å². The quantitative estimate of drug-likeness (QED) is 0.159. The minimum atomic E-state index is -1.16. The molecule has 4 atom stereocenters. The number of nitrogens with one attached hydrogen (secondary N) is 4. The van der Waals surface area contributed by atoms with E-state index in [2.05, 4.69) is 21.3 Å². The van der Waals surface area contributed by atoms with Crippen LogP contribution in [0.1, 0.15) is 66.2 Å². The van der Waals surface area contributed by atoms with Crippen molar-refractivity contribution < 1.29 is 28.8 Å². The van der Waals surface area contributed by atoms with Gasteiger partial charge in [0.25, 0.3) is 0 Å². The average Bonchev–Trinajstić information content (AvgIpc) is 2.81. The highest BCUT2D eigenvalue weighted by Gasteiger charge is 2.27. The van der Waals surface area contributed by atoms with Crippen molar-refractivity contribution in [1.82, 2.24) is 26.2 Å². The Morgan fingerprint density at radius 1 is 0.800 bits per heavy atom. The van der Waals surface area contributed by atoms with Crippen molar-refractivity contribution in [3.8, 4) is 0 Å². The molecule has 0 radical (unpaired) electrons. The van der Waals surface area contributed by atoms with Crippen LogP contribution >= 0.6 is 0 Å². The summed E-state index contributed by atoms with van der Waals surface area (Å²) in [6, 6.07) is -3.58. The molecule has 0 heterocycles. The number of rotatable bonds is 17. The highest BCUT2D eigenvalue weighted by molar-refractivity contribution is 5.95. The fraction of sp³-hybridized carbons (Fsp3) is 0.739. The zero-order chi connectivity index (χ0) is 27.1. The monoisotopic (exact) mass is 498 g/mol. The number of primary amides is 1. The van der Waals surface area contributed by atoms with E-state index in [1.54, 1.807) is 6.92 Å². The molecule has 0 fully saturated rings. The number of carbonyl (C=O) groups is 6. The lowest BCUT2D eigenvalue weighted by Crippen LogP contribution is -2.56. The Labute approximate surface area is 207 Å². The number of ketones is 1. The highest BCUT2D eigenvalue weighted by Crippen LogP contribution is 2.05. The Morgan fingerprint density at radius 2 is 1.34 bits per heavy atom. The van der Waals surface area contributed by atoms with Crippen molar-refractivity contribution in [2.45, 2.75) is 90.4 Å². The first-order valence-corrected chi connectivity index (χ1v) is 12.0. The molecule has 0 aliphatic heterocycles. The summed E-state index contributed by atoms with van der Waals surface area (Å²) in [6.07, 6.45) is 3.32. The molecule has 0 saturated heterocycles. The van der Waals surface area contributed by atoms with E-state index >= 15 is 0 Å². The molecule has 12 nitrogen and oxygen atoms in total. The Hall–Kier alpha value is -3.02. The summed E-state index contributed by atoms with van der Waals surface area (Å²) in [4.78, 5) is 73.6. The van der Waals surface area contributed by atoms with Gasteiger partial charge in [0.05, 0.1) is 12.5 Å². The van der Waals surface area contributed by atoms with Crippen LogP contribution < -0.4 is 27.0 Å². The summed E-state index contributed by atoms with van der Waals surface area (Å²) in [7, 11) is 3.17. The van der Waals surface area contributed by atoms with Gasteiger partial charge >= 0.3 is 0 Å². The van der Waals surface area contributed by atoms with Gasteiger partial charge in [0, 0.05) is 19.9 Å². The maximum Gasteiger partial charge on any atom is 0.242 e. The van der Waals surface area contributed by atoms with Crippen LogP contribution in [0.3, 0.4) is 0 Å². The van der Waals surface area contributed by atoms with Crippen LogP contribution in [0.5, 0.6) is 0 Å². The minimum absolute atomic E-state index is 0.252. The summed E-state index contributed by atoms with van der Waals surface area (Å²) in [5.74, 6) is -2.71. The van der Waals surface area contributed by atoms with Gasteiger partial charge in [0.2, 0.25) is 29.5 Å². The van der Waals surface area contributed by atoms with E-state index in [0.29, 0.717) is 19.4 Å². The van der Waals surface area contributed by atoms with Crippen molar-refractivity contribution in [2.24, 2.45) is 5.73 Å². The van der Waals surface area contributed by atoms with Gasteiger partial charge in [-0.15, -0.1) is 0 Å². The molecule has 200 valence electrons. The maximum absolute atomic E-state index is 12.5. The zero-order valence-corrected chi connectivity index (χ0v) is 21.7. The minimum Gasteiger partial charge on any atom is -0.370 e. The van der Waals surface area contributed by atoms with Crippen LogP contribution in [0.25, 0.3) is 0 Å². The lowest BCUT2D eigenvalue weighted by atomic mass is 10.1. The molecule has 0 aromatic heterocycles. The topological polar surface area (TPSA) is 180 Å².